The van der Waals surface area contributed by atoms with Gasteiger partial charge in [0, 0.05) is 18.7 Å². The number of allylic oxidation sites excluding steroid dienone is 1. The van der Waals surface area contributed by atoms with Gasteiger partial charge in [-0.25, -0.2) is 4.98 Å². The van der Waals surface area contributed by atoms with Crippen LogP contribution in [0.2, 0.25) is 0 Å². The zero-order valence-electron chi connectivity index (χ0n) is 15.0. The van der Waals surface area contributed by atoms with Crippen LogP contribution in [-0.2, 0) is 13.5 Å². The summed E-state index contributed by atoms with van der Waals surface area (Å²) in [4.78, 5) is 4.82. The zero-order valence-corrected chi connectivity index (χ0v) is 15.0. The van der Waals surface area contributed by atoms with E-state index >= 15 is 0 Å². The van der Waals surface area contributed by atoms with Crippen molar-refractivity contribution < 1.29 is 4.57 Å². The zero-order chi connectivity index (χ0) is 17.7. The summed E-state index contributed by atoms with van der Waals surface area (Å²) in [6.07, 6.45) is 7.33. The summed E-state index contributed by atoms with van der Waals surface area (Å²) in [6, 6.07) is 19.4. The smallest absolute Gasteiger partial charge is 0.239 e. The molecule has 3 heteroatoms. The predicted molar refractivity (Wildman–Crippen MR) is 106 cm³/mol. The molecule has 0 aliphatic carbocycles. The highest BCUT2D eigenvalue weighted by Crippen LogP contribution is 2.33. The van der Waals surface area contributed by atoms with E-state index in [-0.39, 0.29) is 0 Å². The lowest BCUT2D eigenvalue weighted by atomic mass is 9.97. The molecule has 0 spiro atoms. The Hall–Kier alpha value is -3.20. The third-order valence-corrected chi connectivity index (χ3v) is 5.20. The average Bonchev–Trinajstić information content (AvgIpc) is 3.25. The number of fused-ring (bicyclic) bond motifs is 3. The van der Waals surface area contributed by atoms with Crippen LogP contribution in [-0.4, -0.2) is 9.55 Å². The minimum Gasteiger partial charge on any atom is -0.298 e. The van der Waals surface area contributed by atoms with Gasteiger partial charge in [-0.15, -0.1) is 0 Å². The number of hydrogen-bond acceptors (Lipinski definition) is 1. The maximum Gasteiger partial charge on any atom is 0.239 e. The molecule has 3 nitrogen and oxygen atoms in total. The first-order chi connectivity index (χ1) is 12.7. The number of aryl methyl sites for hydroxylation is 2. The normalized spacial score (nSPS) is 12.7. The highest BCUT2D eigenvalue weighted by molar-refractivity contribution is 5.92. The van der Waals surface area contributed by atoms with E-state index in [2.05, 4.69) is 96.2 Å². The first-order valence-electron chi connectivity index (χ1n) is 8.95. The van der Waals surface area contributed by atoms with Crippen LogP contribution in [0.3, 0.4) is 0 Å². The summed E-state index contributed by atoms with van der Waals surface area (Å²) in [6.45, 7) is 2.18. The van der Waals surface area contributed by atoms with E-state index in [1.54, 1.807) is 0 Å². The van der Waals surface area contributed by atoms with Crippen LogP contribution in [0.25, 0.3) is 39.6 Å². The maximum atomic E-state index is 4.82. The summed E-state index contributed by atoms with van der Waals surface area (Å²) in [5.41, 5.74) is 8.45. The Labute approximate surface area is 152 Å². The Bertz CT molecular complexity index is 1170. The fraction of sp³-hybridized carbons (Fsp3) is 0.130. The van der Waals surface area contributed by atoms with Crippen molar-refractivity contribution >= 4 is 17.2 Å². The fourth-order valence-electron chi connectivity index (χ4n) is 3.85. The maximum absolute atomic E-state index is 4.82. The topological polar surface area (TPSA) is 21.7 Å². The third kappa shape index (κ3) is 2.21. The minimum atomic E-state index is 0.904. The largest absolute Gasteiger partial charge is 0.298 e. The fourth-order valence-corrected chi connectivity index (χ4v) is 3.85. The molecular weight excluding hydrogens is 318 g/mol. The van der Waals surface area contributed by atoms with Crippen molar-refractivity contribution in [3.05, 3.63) is 78.3 Å². The Kier molecular flexibility index (Phi) is 3.29. The third-order valence-electron chi connectivity index (χ3n) is 5.20. The average molecular weight is 338 g/mol. The van der Waals surface area contributed by atoms with Gasteiger partial charge >= 0.3 is 0 Å². The number of rotatable bonds is 2. The van der Waals surface area contributed by atoms with Gasteiger partial charge in [0.1, 0.15) is 23.9 Å². The summed E-state index contributed by atoms with van der Waals surface area (Å²) in [5.74, 6) is 1.12. The van der Waals surface area contributed by atoms with E-state index in [0.717, 1.165) is 17.8 Å². The molecule has 26 heavy (non-hydrogen) atoms. The van der Waals surface area contributed by atoms with E-state index in [0.29, 0.717) is 0 Å². The number of imidazole rings is 1. The van der Waals surface area contributed by atoms with Gasteiger partial charge in [-0.3, -0.25) is 4.57 Å². The van der Waals surface area contributed by atoms with Gasteiger partial charge in [0.25, 0.3) is 0 Å². The van der Waals surface area contributed by atoms with Crippen LogP contribution in [0.4, 0.5) is 0 Å². The van der Waals surface area contributed by atoms with E-state index < -0.39 is 0 Å². The second-order valence-electron chi connectivity index (χ2n) is 6.89. The molecular formula is C23H20N3+. The van der Waals surface area contributed by atoms with Gasteiger partial charge in [-0.2, -0.15) is 4.57 Å². The number of aromatic nitrogens is 3. The van der Waals surface area contributed by atoms with Crippen molar-refractivity contribution in [1.82, 2.24) is 9.55 Å². The second-order valence-corrected chi connectivity index (χ2v) is 6.89. The van der Waals surface area contributed by atoms with Gasteiger partial charge in [0.2, 0.25) is 5.69 Å². The molecule has 2 aromatic carbocycles. The van der Waals surface area contributed by atoms with Crippen molar-refractivity contribution in [2.45, 2.75) is 13.3 Å². The van der Waals surface area contributed by atoms with Crippen molar-refractivity contribution in [2.24, 2.45) is 7.05 Å². The summed E-state index contributed by atoms with van der Waals surface area (Å²) >= 11 is 0. The van der Waals surface area contributed by atoms with Gasteiger partial charge in [-0.05, 0) is 29.7 Å². The molecule has 5 rings (SSSR count). The molecule has 0 fully saturated rings. The molecule has 3 heterocycles. The number of nitrogens with zero attached hydrogens (tertiary/aromatic N) is 3. The van der Waals surface area contributed by atoms with Crippen LogP contribution in [0, 0.1) is 6.92 Å². The molecule has 1 aliphatic rings. The van der Waals surface area contributed by atoms with E-state index in [1.807, 2.05) is 0 Å². The molecule has 0 amide bonds. The van der Waals surface area contributed by atoms with Gasteiger partial charge in [0.05, 0.1) is 5.56 Å². The Morgan fingerprint density at radius 2 is 1.85 bits per heavy atom. The molecule has 0 saturated heterocycles. The SMILES string of the molecule is Cc1ccc(-c2ccccc2)cc1-c1c2c(cc[n+]1C)nc1n2C=CC1. The molecule has 4 aromatic rings. The van der Waals surface area contributed by atoms with Crippen molar-refractivity contribution in [3.63, 3.8) is 0 Å². The van der Waals surface area contributed by atoms with Crippen LogP contribution >= 0.6 is 0 Å². The Morgan fingerprint density at radius 1 is 1.00 bits per heavy atom. The van der Waals surface area contributed by atoms with Crippen LogP contribution in [0.1, 0.15) is 11.4 Å². The molecule has 0 bridgehead atoms. The monoisotopic (exact) mass is 338 g/mol. The lowest BCUT2D eigenvalue weighted by molar-refractivity contribution is -0.659. The summed E-state index contributed by atoms with van der Waals surface area (Å²) in [7, 11) is 2.11. The van der Waals surface area contributed by atoms with E-state index in [4.69, 9.17) is 4.98 Å². The first kappa shape index (κ1) is 15.1. The lowest BCUT2D eigenvalue weighted by Crippen LogP contribution is -2.31. The molecule has 0 radical (unpaired) electrons. The molecule has 1 aliphatic heterocycles. The first-order valence-corrected chi connectivity index (χ1v) is 8.95. The summed E-state index contributed by atoms with van der Waals surface area (Å²) < 4.78 is 4.44. The Balaban J connectivity index is 1.81. The molecule has 0 saturated carbocycles. The second kappa shape index (κ2) is 5.67. The molecule has 0 atom stereocenters. The number of pyridine rings is 1. The summed E-state index contributed by atoms with van der Waals surface area (Å²) in [5, 5.41) is 0. The van der Waals surface area contributed by atoms with E-state index in [1.165, 1.54) is 33.5 Å². The van der Waals surface area contributed by atoms with Crippen molar-refractivity contribution in [2.75, 3.05) is 0 Å². The minimum absolute atomic E-state index is 0.904. The quantitative estimate of drug-likeness (QED) is 0.492. The number of benzene rings is 2. The van der Waals surface area contributed by atoms with Crippen LogP contribution in [0.5, 0.6) is 0 Å². The van der Waals surface area contributed by atoms with Crippen molar-refractivity contribution in [1.29, 1.82) is 0 Å². The highest BCUT2D eigenvalue weighted by atomic mass is 15.1. The van der Waals surface area contributed by atoms with E-state index in [9.17, 15) is 0 Å². The standard InChI is InChI=1S/C23H20N3/c1-16-10-11-18(17-7-4-3-5-8-17)15-19(16)22-23-20(12-14-25(22)2)24-21-9-6-13-26(21)23/h3-8,10-15H,9H2,1-2H3/q+1. The van der Waals surface area contributed by atoms with Crippen LogP contribution in [0.15, 0.2) is 66.9 Å². The molecule has 126 valence electrons. The van der Waals surface area contributed by atoms with Gasteiger partial charge in [-0.1, -0.05) is 48.5 Å². The van der Waals surface area contributed by atoms with Gasteiger partial charge in [0.15, 0.2) is 6.20 Å². The van der Waals surface area contributed by atoms with Gasteiger partial charge < -0.3 is 0 Å². The highest BCUT2D eigenvalue weighted by Gasteiger charge is 2.24. The predicted octanol–water partition coefficient (Wildman–Crippen LogP) is 4.53. The lowest BCUT2D eigenvalue weighted by Gasteiger charge is -2.10. The van der Waals surface area contributed by atoms with Crippen molar-refractivity contribution in [3.8, 4) is 22.4 Å². The Morgan fingerprint density at radius 3 is 2.69 bits per heavy atom. The molecule has 2 aromatic heterocycles. The molecule has 0 N–H and O–H groups in total. The molecule has 0 unspecified atom stereocenters. The van der Waals surface area contributed by atoms with Crippen LogP contribution < -0.4 is 4.57 Å². The number of hydrogen-bond donors (Lipinski definition) is 0.